The van der Waals surface area contributed by atoms with Crippen LogP contribution in [0, 0.1) is 5.92 Å². The molecule has 0 amide bonds. The van der Waals surface area contributed by atoms with Crippen LogP contribution in [0.3, 0.4) is 0 Å². The molecule has 82 valence electrons. The van der Waals surface area contributed by atoms with Crippen LogP contribution in [0.4, 0.5) is 5.69 Å². The number of nitrogen functional groups attached to an aromatic ring is 1. The van der Waals surface area contributed by atoms with Gasteiger partial charge in [-0.25, -0.2) is 0 Å². The van der Waals surface area contributed by atoms with E-state index in [0.717, 1.165) is 11.6 Å². The number of rotatable bonds is 2. The molecule has 15 heavy (non-hydrogen) atoms. The molecule has 0 saturated carbocycles. The second kappa shape index (κ2) is 4.23. The first-order valence-electron chi connectivity index (χ1n) is 5.76. The SMILES string of the molecule is CC1CCN(C(C)c2ccc(N)cc2)C1. The van der Waals surface area contributed by atoms with Gasteiger partial charge in [0.25, 0.3) is 0 Å². The lowest BCUT2D eigenvalue weighted by Gasteiger charge is -2.24. The van der Waals surface area contributed by atoms with Gasteiger partial charge >= 0.3 is 0 Å². The van der Waals surface area contributed by atoms with Gasteiger partial charge < -0.3 is 5.73 Å². The van der Waals surface area contributed by atoms with Crippen LogP contribution >= 0.6 is 0 Å². The standard InChI is InChI=1S/C13H20N2/c1-10-7-8-15(9-10)11(2)12-3-5-13(14)6-4-12/h3-6,10-11H,7-9,14H2,1-2H3. The molecule has 0 bridgehead atoms. The van der Waals surface area contributed by atoms with Crippen LogP contribution in [0.2, 0.25) is 0 Å². The highest BCUT2D eigenvalue weighted by molar-refractivity contribution is 5.40. The first kappa shape index (κ1) is 10.5. The van der Waals surface area contributed by atoms with E-state index in [4.69, 9.17) is 5.73 Å². The number of benzene rings is 1. The van der Waals surface area contributed by atoms with Crippen molar-refractivity contribution in [3.05, 3.63) is 29.8 Å². The Morgan fingerprint density at radius 1 is 1.33 bits per heavy atom. The van der Waals surface area contributed by atoms with Crippen molar-refractivity contribution in [3.63, 3.8) is 0 Å². The second-order valence-electron chi connectivity index (χ2n) is 4.73. The average Bonchev–Trinajstić information content (AvgIpc) is 2.65. The highest BCUT2D eigenvalue weighted by atomic mass is 15.2. The monoisotopic (exact) mass is 204 g/mol. The minimum Gasteiger partial charge on any atom is -0.399 e. The Balaban J connectivity index is 2.07. The Hall–Kier alpha value is -1.02. The van der Waals surface area contributed by atoms with E-state index in [1.807, 2.05) is 12.1 Å². The number of hydrogen-bond acceptors (Lipinski definition) is 2. The average molecular weight is 204 g/mol. The fourth-order valence-corrected chi connectivity index (χ4v) is 2.31. The Bertz CT molecular complexity index is 318. The Morgan fingerprint density at radius 2 is 2.00 bits per heavy atom. The minimum atomic E-state index is 0.524. The molecule has 2 N–H and O–H groups in total. The van der Waals surface area contributed by atoms with Crippen molar-refractivity contribution < 1.29 is 0 Å². The van der Waals surface area contributed by atoms with Crippen LogP contribution in [-0.2, 0) is 0 Å². The first-order valence-corrected chi connectivity index (χ1v) is 5.76. The molecule has 1 aliphatic rings. The summed E-state index contributed by atoms with van der Waals surface area (Å²) in [4.78, 5) is 2.55. The molecular weight excluding hydrogens is 184 g/mol. The topological polar surface area (TPSA) is 29.3 Å². The van der Waals surface area contributed by atoms with Crippen molar-refractivity contribution >= 4 is 5.69 Å². The van der Waals surface area contributed by atoms with E-state index < -0.39 is 0 Å². The third-order valence-corrected chi connectivity index (χ3v) is 3.42. The fourth-order valence-electron chi connectivity index (χ4n) is 2.31. The van der Waals surface area contributed by atoms with Crippen molar-refractivity contribution in [1.82, 2.24) is 4.90 Å². The van der Waals surface area contributed by atoms with Crippen LogP contribution in [0.5, 0.6) is 0 Å². The highest BCUT2D eigenvalue weighted by Crippen LogP contribution is 2.27. The number of nitrogens with zero attached hydrogens (tertiary/aromatic N) is 1. The maximum absolute atomic E-state index is 5.69. The van der Waals surface area contributed by atoms with E-state index in [-0.39, 0.29) is 0 Å². The molecule has 2 atom stereocenters. The quantitative estimate of drug-likeness (QED) is 0.750. The summed E-state index contributed by atoms with van der Waals surface area (Å²) >= 11 is 0. The Labute approximate surface area is 92.1 Å². The zero-order valence-electron chi connectivity index (χ0n) is 9.61. The van der Waals surface area contributed by atoms with Crippen molar-refractivity contribution in [2.24, 2.45) is 5.92 Å². The van der Waals surface area contributed by atoms with Crippen molar-refractivity contribution in [2.45, 2.75) is 26.3 Å². The van der Waals surface area contributed by atoms with E-state index in [9.17, 15) is 0 Å². The lowest BCUT2D eigenvalue weighted by Crippen LogP contribution is -2.24. The summed E-state index contributed by atoms with van der Waals surface area (Å²) < 4.78 is 0. The van der Waals surface area contributed by atoms with E-state index >= 15 is 0 Å². The lowest BCUT2D eigenvalue weighted by atomic mass is 10.1. The molecule has 0 aliphatic carbocycles. The molecule has 1 aliphatic heterocycles. The van der Waals surface area contributed by atoms with Gasteiger partial charge in [-0.1, -0.05) is 19.1 Å². The maximum atomic E-state index is 5.69. The molecular formula is C13H20N2. The molecule has 1 aromatic rings. The zero-order chi connectivity index (χ0) is 10.8. The van der Waals surface area contributed by atoms with Crippen LogP contribution in [0.1, 0.15) is 31.9 Å². The van der Waals surface area contributed by atoms with E-state index in [2.05, 4.69) is 30.9 Å². The van der Waals surface area contributed by atoms with Crippen LogP contribution in [-0.4, -0.2) is 18.0 Å². The molecule has 1 saturated heterocycles. The van der Waals surface area contributed by atoms with E-state index in [1.165, 1.54) is 25.1 Å². The van der Waals surface area contributed by atoms with Gasteiger partial charge in [0, 0.05) is 18.3 Å². The second-order valence-corrected chi connectivity index (χ2v) is 4.73. The van der Waals surface area contributed by atoms with Gasteiger partial charge in [-0.15, -0.1) is 0 Å². The first-order chi connectivity index (χ1) is 7.16. The number of likely N-dealkylation sites (tertiary alicyclic amines) is 1. The Kier molecular flexibility index (Phi) is 2.96. The number of hydrogen-bond donors (Lipinski definition) is 1. The van der Waals surface area contributed by atoms with Crippen LogP contribution in [0.15, 0.2) is 24.3 Å². The smallest absolute Gasteiger partial charge is 0.0320 e. The van der Waals surface area contributed by atoms with Crippen LogP contribution < -0.4 is 5.73 Å². The lowest BCUT2D eigenvalue weighted by molar-refractivity contribution is 0.255. The third kappa shape index (κ3) is 2.32. The third-order valence-electron chi connectivity index (χ3n) is 3.42. The molecule has 0 aromatic heterocycles. The predicted molar refractivity (Wildman–Crippen MR) is 64.6 cm³/mol. The van der Waals surface area contributed by atoms with Gasteiger partial charge in [0.05, 0.1) is 0 Å². The van der Waals surface area contributed by atoms with E-state index in [0.29, 0.717) is 6.04 Å². The van der Waals surface area contributed by atoms with Crippen molar-refractivity contribution in [3.8, 4) is 0 Å². The van der Waals surface area contributed by atoms with Gasteiger partial charge in [-0.2, -0.15) is 0 Å². The molecule has 1 fully saturated rings. The normalized spacial score (nSPS) is 24.3. The van der Waals surface area contributed by atoms with Gasteiger partial charge in [0.15, 0.2) is 0 Å². The van der Waals surface area contributed by atoms with Crippen LogP contribution in [0.25, 0.3) is 0 Å². The van der Waals surface area contributed by atoms with E-state index in [1.54, 1.807) is 0 Å². The molecule has 2 heteroatoms. The van der Waals surface area contributed by atoms with Gasteiger partial charge in [0.1, 0.15) is 0 Å². The summed E-state index contributed by atoms with van der Waals surface area (Å²) in [6, 6.07) is 8.79. The molecule has 0 radical (unpaired) electrons. The Morgan fingerprint density at radius 3 is 2.53 bits per heavy atom. The fraction of sp³-hybridized carbons (Fsp3) is 0.538. The summed E-state index contributed by atoms with van der Waals surface area (Å²) in [5.74, 6) is 0.848. The molecule has 2 rings (SSSR count). The maximum Gasteiger partial charge on any atom is 0.0320 e. The number of nitrogens with two attached hydrogens (primary N) is 1. The summed E-state index contributed by atoms with van der Waals surface area (Å²) in [7, 11) is 0. The molecule has 2 nitrogen and oxygen atoms in total. The number of anilines is 1. The van der Waals surface area contributed by atoms with Crippen molar-refractivity contribution in [1.29, 1.82) is 0 Å². The van der Waals surface area contributed by atoms with Crippen molar-refractivity contribution in [2.75, 3.05) is 18.8 Å². The zero-order valence-corrected chi connectivity index (χ0v) is 9.61. The summed E-state index contributed by atoms with van der Waals surface area (Å²) in [6.45, 7) is 7.07. The summed E-state index contributed by atoms with van der Waals surface area (Å²) in [6.07, 6.45) is 1.33. The molecule has 0 spiro atoms. The minimum absolute atomic E-state index is 0.524. The molecule has 2 unspecified atom stereocenters. The largest absolute Gasteiger partial charge is 0.399 e. The predicted octanol–water partition coefficient (Wildman–Crippen LogP) is 2.67. The summed E-state index contributed by atoms with van der Waals surface area (Å²) in [5.41, 5.74) is 7.91. The van der Waals surface area contributed by atoms with Gasteiger partial charge in [-0.05, 0) is 43.5 Å². The summed E-state index contributed by atoms with van der Waals surface area (Å²) in [5, 5.41) is 0. The highest BCUT2D eigenvalue weighted by Gasteiger charge is 2.23. The van der Waals surface area contributed by atoms with Gasteiger partial charge in [0.2, 0.25) is 0 Å². The molecule has 1 aromatic carbocycles. The van der Waals surface area contributed by atoms with Gasteiger partial charge in [-0.3, -0.25) is 4.90 Å². The molecule has 1 heterocycles.